The highest BCUT2D eigenvalue weighted by Gasteiger charge is 2.35. The van der Waals surface area contributed by atoms with Crippen LogP contribution in [0.15, 0.2) is 55.1 Å². The molecular formula is C32H37N7O3. The molecule has 0 spiro atoms. The molecule has 0 aliphatic carbocycles. The van der Waals surface area contributed by atoms with Crippen molar-refractivity contribution in [2.24, 2.45) is 0 Å². The van der Waals surface area contributed by atoms with E-state index in [1.807, 2.05) is 44.1 Å². The quantitative estimate of drug-likeness (QED) is 0.412. The van der Waals surface area contributed by atoms with Crippen LogP contribution in [0.3, 0.4) is 0 Å². The normalized spacial score (nSPS) is 19.0. The third kappa shape index (κ3) is 6.06. The summed E-state index contributed by atoms with van der Waals surface area (Å²) in [5, 5.41) is 14.7. The number of rotatable bonds is 8. The summed E-state index contributed by atoms with van der Waals surface area (Å²) in [5.41, 5.74) is 1.92. The van der Waals surface area contributed by atoms with E-state index in [1.165, 1.54) is 6.08 Å². The number of piperazine rings is 1. The molecule has 3 aromatic rings. The highest BCUT2D eigenvalue weighted by atomic mass is 16.5. The predicted molar refractivity (Wildman–Crippen MR) is 161 cm³/mol. The molecule has 1 N–H and O–H groups in total. The van der Waals surface area contributed by atoms with Crippen molar-refractivity contribution in [1.82, 2.24) is 25.1 Å². The van der Waals surface area contributed by atoms with Crippen molar-refractivity contribution in [3.05, 3.63) is 72.1 Å². The summed E-state index contributed by atoms with van der Waals surface area (Å²) >= 11 is 0. The molecule has 2 aliphatic rings. The second kappa shape index (κ2) is 12.6. The van der Waals surface area contributed by atoms with Gasteiger partial charge in [-0.1, -0.05) is 49.0 Å². The van der Waals surface area contributed by atoms with Crippen molar-refractivity contribution in [1.29, 1.82) is 5.26 Å². The molecule has 2 aliphatic heterocycles. The molecule has 5 rings (SSSR count). The Balaban J connectivity index is 1.51. The zero-order valence-corrected chi connectivity index (χ0v) is 24.4. The lowest BCUT2D eigenvalue weighted by atomic mass is 9.94. The molecule has 0 bridgehead atoms. The molecule has 2 aromatic carbocycles. The van der Waals surface area contributed by atoms with Gasteiger partial charge in [0, 0.05) is 37.8 Å². The van der Waals surface area contributed by atoms with E-state index in [1.54, 1.807) is 4.90 Å². The molecule has 42 heavy (non-hydrogen) atoms. The van der Waals surface area contributed by atoms with Crippen LogP contribution in [-0.2, 0) is 11.2 Å². The number of fused-ring (bicyclic) bond motifs is 2. The third-order valence-corrected chi connectivity index (χ3v) is 7.81. The van der Waals surface area contributed by atoms with E-state index >= 15 is 0 Å². The number of amides is 2. The first-order valence-electron chi connectivity index (χ1n) is 14.3. The van der Waals surface area contributed by atoms with Crippen LogP contribution in [0.25, 0.3) is 10.8 Å². The highest BCUT2D eigenvalue weighted by molar-refractivity contribution is 5.91. The molecule has 1 saturated heterocycles. The van der Waals surface area contributed by atoms with Crippen molar-refractivity contribution in [2.45, 2.75) is 44.4 Å². The Bertz CT molecular complexity index is 1530. The van der Waals surface area contributed by atoms with Gasteiger partial charge in [0.05, 0.1) is 24.1 Å². The number of nitrogens with one attached hydrogen (secondary N) is 1. The minimum atomic E-state index is -0.377. The molecule has 218 valence electrons. The number of carbonyl (C=O) groups is 2. The Hall–Kier alpha value is -4.49. The number of aromatic nitrogens is 2. The van der Waals surface area contributed by atoms with Crippen LogP contribution in [-0.4, -0.2) is 83.9 Å². The Morgan fingerprint density at radius 2 is 2.00 bits per heavy atom. The fourth-order valence-corrected chi connectivity index (χ4v) is 5.97. The number of hydrogen-bond acceptors (Lipinski definition) is 8. The van der Waals surface area contributed by atoms with Crippen LogP contribution in [0.4, 0.5) is 5.82 Å². The first kappa shape index (κ1) is 29.0. The van der Waals surface area contributed by atoms with Gasteiger partial charge in [0.25, 0.3) is 5.91 Å². The first-order valence-corrected chi connectivity index (χ1v) is 14.3. The van der Waals surface area contributed by atoms with Gasteiger partial charge in [-0.2, -0.15) is 10.2 Å². The number of carbonyl (C=O) groups excluding carboxylic acids is 2. The molecule has 0 radical (unpaired) electrons. The zero-order chi connectivity index (χ0) is 29.8. The summed E-state index contributed by atoms with van der Waals surface area (Å²) in [6.07, 6.45) is 2.61. The summed E-state index contributed by atoms with van der Waals surface area (Å²) in [7, 11) is 3.90. The van der Waals surface area contributed by atoms with Crippen LogP contribution in [0.1, 0.15) is 47.6 Å². The van der Waals surface area contributed by atoms with Crippen LogP contribution in [0.2, 0.25) is 0 Å². The molecule has 1 aromatic heterocycles. The predicted octanol–water partition coefficient (Wildman–Crippen LogP) is 3.49. The van der Waals surface area contributed by atoms with Crippen LogP contribution in [0, 0.1) is 11.3 Å². The second-order valence-corrected chi connectivity index (χ2v) is 11.2. The molecule has 2 unspecified atom stereocenters. The SMILES string of the molecule is C=CC(=O)N1CCN(c2nc(C(=O)NC(C)CN(C)C)nc3c2CCC(c2cccc4ccccc24)O3)C[C@@H]1CC#N. The summed E-state index contributed by atoms with van der Waals surface area (Å²) in [6.45, 7) is 7.53. The average molecular weight is 568 g/mol. The summed E-state index contributed by atoms with van der Waals surface area (Å²) in [5.74, 6) is 0.481. The third-order valence-electron chi connectivity index (χ3n) is 7.81. The number of ether oxygens (including phenoxy) is 1. The van der Waals surface area contributed by atoms with E-state index in [9.17, 15) is 14.9 Å². The van der Waals surface area contributed by atoms with Crippen molar-refractivity contribution in [3.63, 3.8) is 0 Å². The maximum atomic E-state index is 13.4. The maximum absolute atomic E-state index is 13.4. The van der Waals surface area contributed by atoms with Crippen molar-refractivity contribution < 1.29 is 14.3 Å². The van der Waals surface area contributed by atoms with Gasteiger partial charge >= 0.3 is 0 Å². The van der Waals surface area contributed by atoms with Gasteiger partial charge in [0.1, 0.15) is 11.9 Å². The number of nitrogens with zero attached hydrogens (tertiary/aromatic N) is 6. The molecule has 1 fully saturated rings. The monoisotopic (exact) mass is 567 g/mol. The van der Waals surface area contributed by atoms with Crippen molar-refractivity contribution >= 4 is 28.4 Å². The highest BCUT2D eigenvalue weighted by Crippen LogP contribution is 2.40. The van der Waals surface area contributed by atoms with Gasteiger partial charge in [-0.25, -0.2) is 4.98 Å². The van der Waals surface area contributed by atoms with Crippen molar-refractivity contribution in [3.8, 4) is 11.9 Å². The minimum Gasteiger partial charge on any atom is -0.469 e. The zero-order valence-electron chi connectivity index (χ0n) is 24.4. The molecular weight excluding hydrogens is 530 g/mol. The lowest BCUT2D eigenvalue weighted by molar-refractivity contribution is -0.128. The van der Waals surface area contributed by atoms with Gasteiger partial charge in [0.2, 0.25) is 17.6 Å². The summed E-state index contributed by atoms with van der Waals surface area (Å²) < 4.78 is 6.57. The van der Waals surface area contributed by atoms with Crippen LogP contribution in [0.5, 0.6) is 5.88 Å². The van der Waals surface area contributed by atoms with E-state index in [0.717, 1.165) is 28.3 Å². The molecule has 10 nitrogen and oxygen atoms in total. The Morgan fingerprint density at radius 3 is 2.76 bits per heavy atom. The van der Waals surface area contributed by atoms with E-state index in [-0.39, 0.29) is 42.2 Å². The van der Waals surface area contributed by atoms with Crippen molar-refractivity contribution in [2.75, 3.05) is 45.2 Å². The second-order valence-electron chi connectivity index (χ2n) is 11.2. The summed E-state index contributed by atoms with van der Waals surface area (Å²) in [6, 6.07) is 16.2. The van der Waals surface area contributed by atoms with Gasteiger partial charge in [0.15, 0.2) is 0 Å². The lowest BCUT2D eigenvalue weighted by Crippen LogP contribution is -2.55. The molecule has 0 saturated carbocycles. The number of anilines is 1. The van der Waals surface area contributed by atoms with Gasteiger partial charge in [-0.05, 0) is 50.7 Å². The van der Waals surface area contributed by atoms with Gasteiger partial charge in [-0.3, -0.25) is 9.59 Å². The van der Waals surface area contributed by atoms with E-state index in [2.05, 4.69) is 52.1 Å². The Kier molecular flexibility index (Phi) is 8.69. The fourth-order valence-electron chi connectivity index (χ4n) is 5.97. The maximum Gasteiger partial charge on any atom is 0.289 e. The number of hydrogen-bond donors (Lipinski definition) is 1. The molecule has 3 heterocycles. The van der Waals surface area contributed by atoms with E-state index in [4.69, 9.17) is 9.72 Å². The lowest BCUT2D eigenvalue weighted by Gasteiger charge is -2.41. The fraction of sp³-hybridized carbons (Fsp3) is 0.406. The van der Waals surface area contributed by atoms with Crippen LogP contribution >= 0.6 is 0 Å². The Labute approximate surface area is 246 Å². The minimum absolute atomic E-state index is 0.0364. The first-order chi connectivity index (χ1) is 20.3. The smallest absolute Gasteiger partial charge is 0.289 e. The number of likely N-dealkylation sites (N-methyl/N-ethyl adjacent to an activating group) is 1. The molecule has 3 atom stereocenters. The van der Waals surface area contributed by atoms with Gasteiger partial charge in [-0.15, -0.1) is 0 Å². The molecule has 2 amide bonds. The molecule has 10 heteroatoms. The Morgan fingerprint density at radius 1 is 1.21 bits per heavy atom. The van der Waals surface area contributed by atoms with E-state index < -0.39 is 0 Å². The van der Waals surface area contributed by atoms with Gasteiger partial charge < -0.3 is 24.8 Å². The summed E-state index contributed by atoms with van der Waals surface area (Å²) in [4.78, 5) is 41.1. The number of nitriles is 1. The largest absolute Gasteiger partial charge is 0.469 e. The number of benzene rings is 2. The van der Waals surface area contributed by atoms with E-state index in [0.29, 0.717) is 44.3 Å². The average Bonchev–Trinajstić information content (AvgIpc) is 2.99. The topological polar surface area (TPSA) is 115 Å². The standard InChI is InChI=1S/C32H37N7O3/c1-5-28(40)39-18-17-38(20-23(39)15-16-33)30-26-13-14-27(25-12-8-10-22-9-6-7-11-24(22)25)42-32(26)36-29(35-30)31(41)34-21(2)19-37(3)4/h5-12,21,23,27H,1,13-15,17-20H2,2-4H3,(H,34,41)/t21?,23-,27?/m0/s1. The van der Waals surface area contributed by atoms with Crippen LogP contribution < -0.4 is 15.0 Å².